The number of fused-ring (bicyclic) bond motifs is 1. The highest BCUT2D eigenvalue weighted by atomic mass is 16.1. The van der Waals surface area contributed by atoms with Crippen LogP contribution in [0.2, 0.25) is 0 Å². The van der Waals surface area contributed by atoms with E-state index in [1.54, 1.807) is 24.5 Å². The molecule has 3 N–H and O–H groups in total. The summed E-state index contributed by atoms with van der Waals surface area (Å²) in [6, 6.07) is 15.7. The number of hydrogen-bond acceptors (Lipinski definition) is 6. The second-order valence-corrected chi connectivity index (χ2v) is 10.4. The molecule has 0 saturated carbocycles. The van der Waals surface area contributed by atoms with Crippen molar-refractivity contribution in [1.82, 2.24) is 20.1 Å². The Morgan fingerprint density at radius 1 is 1.00 bits per heavy atom. The fourth-order valence-electron chi connectivity index (χ4n) is 4.59. The number of amides is 1. The van der Waals surface area contributed by atoms with Crippen LogP contribution in [0, 0.1) is 0 Å². The number of hydrogen-bond donors (Lipinski definition) is 3. The Hall–Kier alpha value is -3.91. The zero-order valence-corrected chi connectivity index (χ0v) is 21.3. The number of carbonyl (C=O) groups is 1. The van der Waals surface area contributed by atoms with Gasteiger partial charge in [0.25, 0.3) is 5.91 Å². The predicted molar refractivity (Wildman–Crippen MR) is 146 cm³/mol. The first-order valence-corrected chi connectivity index (χ1v) is 12.3. The highest BCUT2D eigenvalue weighted by Gasteiger charge is 2.24. The van der Waals surface area contributed by atoms with E-state index in [4.69, 9.17) is 0 Å². The van der Waals surface area contributed by atoms with E-state index in [0.29, 0.717) is 11.4 Å². The number of anilines is 4. The molecule has 1 aliphatic rings. The van der Waals surface area contributed by atoms with Crippen LogP contribution >= 0.6 is 0 Å². The number of nitrogens with one attached hydrogen (secondary N) is 3. The molecular formula is C28H33N7O. The van der Waals surface area contributed by atoms with Crippen molar-refractivity contribution in [1.29, 1.82) is 0 Å². The summed E-state index contributed by atoms with van der Waals surface area (Å²) in [5.74, 6) is 0.292. The number of H-pyrrole nitrogens is 1. The van der Waals surface area contributed by atoms with Crippen molar-refractivity contribution in [2.75, 3.05) is 48.8 Å². The van der Waals surface area contributed by atoms with Crippen LogP contribution in [0.5, 0.6) is 0 Å². The third-order valence-electron chi connectivity index (χ3n) is 6.66. The standard InChI is InChI=1S/C28H33N7O/c1-28(2,3)23-10-9-21(17-25(23)35-14-12-34(4)13-15-35)32-27(36)22-6-5-11-29-26(22)31-20-8-7-19-18-30-33-24(19)16-20/h5-11,16-18H,12-15H2,1-4H3,(H,29,31)(H,30,33)(H,32,36). The quantitative estimate of drug-likeness (QED) is 0.370. The molecule has 0 radical (unpaired) electrons. The van der Waals surface area contributed by atoms with Crippen molar-refractivity contribution in [2.24, 2.45) is 0 Å². The van der Waals surface area contributed by atoms with Crippen LogP contribution in [0.25, 0.3) is 10.9 Å². The van der Waals surface area contributed by atoms with Crippen molar-refractivity contribution in [3.8, 4) is 0 Å². The summed E-state index contributed by atoms with van der Waals surface area (Å²) in [5.41, 5.74) is 5.45. The molecule has 4 aromatic rings. The minimum atomic E-state index is -0.207. The SMILES string of the molecule is CN1CCN(c2cc(NC(=O)c3cccnc3Nc3ccc4cn[nH]c4c3)ccc2C(C)(C)C)CC1. The van der Waals surface area contributed by atoms with Crippen LogP contribution < -0.4 is 15.5 Å². The zero-order chi connectivity index (χ0) is 25.3. The van der Waals surface area contributed by atoms with E-state index < -0.39 is 0 Å². The maximum atomic E-state index is 13.4. The fourth-order valence-corrected chi connectivity index (χ4v) is 4.59. The van der Waals surface area contributed by atoms with E-state index in [2.05, 4.69) is 75.6 Å². The van der Waals surface area contributed by atoms with Gasteiger partial charge in [0.2, 0.25) is 0 Å². The summed E-state index contributed by atoms with van der Waals surface area (Å²) < 4.78 is 0. The molecule has 0 aliphatic carbocycles. The normalized spacial score (nSPS) is 14.7. The summed E-state index contributed by atoms with van der Waals surface area (Å²) in [5, 5.41) is 14.5. The number of aromatic nitrogens is 3. The van der Waals surface area contributed by atoms with Gasteiger partial charge in [0.15, 0.2) is 0 Å². The zero-order valence-electron chi connectivity index (χ0n) is 21.3. The van der Waals surface area contributed by atoms with Crippen molar-refractivity contribution >= 4 is 39.7 Å². The Labute approximate surface area is 211 Å². The summed E-state index contributed by atoms with van der Waals surface area (Å²) in [6.45, 7) is 10.7. The highest BCUT2D eigenvalue weighted by Crippen LogP contribution is 2.35. The molecule has 0 unspecified atom stereocenters. The largest absolute Gasteiger partial charge is 0.369 e. The van der Waals surface area contributed by atoms with Crippen molar-refractivity contribution in [2.45, 2.75) is 26.2 Å². The molecule has 1 fully saturated rings. The smallest absolute Gasteiger partial charge is 0.259 e. The van der Waals surface area contributed by atoms with E-state index in [0.717, 1.165) is 48.5 Å². The van der Waals surface area contributed by atoms with Gasteiger partial charge in [0.05, 0.1) is 17.3 Å². The molecule has 0 bridgehead atoms. The van der Waals surface area contributed by atoms with Gasteiger partial charge in [-0.05, 0) is 60.5 Å². The van der Waals surface area contributed by atoms with Crippen molar-refractivity contribution in [3.63, 3.8) is 0 Å². The Morgan fingerprint density at radius 3 is 2.56 bits per heavy atom. The highest BCUT2D eigenvalue weighted by molar-refractivity contribution is 6.08. The molecule has 8 nitrogen and oxygen atoms in total. The van der Waals surface area contributed by atoms with Gasteiger partial charge in [-0.2, -0.15) is 5.10 Å². The minimum Gasteiger partial charge on any atom is -0.369 e. The molecule has 0 atom stereocenters. The number of rotatable bonds is 5. The number of pyridine rings is 1. The molecule has 36 heavy (non-hydrogen) atoms. The monoisotopic (exact) mass is 483 g/mol. The summed E-state index contributed by atoms with van der Waals surface area (Å²) in [4.78, 5) is 22.6. The third-order valence-corrected chi connectivity index (χ3v) is 6.66. The van der Waals surface area contributed by atoms with Crippen LogP contribution in [0.15, 0.2) is 60.9 Å². The van der Waals surface area contributed by atoms with Gasteiger partial charge in [-0.15, -0.1) is 0 Å². The lowest BCUT2D eigenvalue weighted by Gasteiger charge is -2.37. The van der Waals surface area contributed by atoms with E-state index in [9.17, 15) is 4.79 Å². The Kier molecular flexibility index (Phi) is 6.36. The lowest BCUT2D eigenvalue weighted by molar-refractivity contribution is 0.102. The summed E-state index contributed by atoms with van der Waals surface area (Å²) >= 11 is 0. The number of nitrogens with zero attached hydrogens (tertiary/aromatic N) is 4. The molecular weight excluding hydrogens is 450 g/mol. The average Bonchev–Trinajstić information content (AvgIpc) is 3.32. The first-order valence-electron chi connectivity index (χ1n) is 12.3. The fraction of sp³-hybridized carbons (Fsp3) is 0.321. The van der Waals surface area contributed by atoms with E-state index in [1.807, 2.05) is 24.3 Å². The topological polar surface area (TPSA) is 89.2 Å². The summed E-state index contributed by atoms with van der Waals surface area (Å²) in [6.07, 6.45) is 3.46. The molecule has 2 aromatic heterocycles. The summed E-state index contributed by atoms with van der Waals surface area (Å²) in [7, 11) is 2.16. The first kappa shape index (κ1) is 23.8. The van der Waals surface area contributed by atoms with Gasteiger partial charge >= 0.3 is 0 Å². The second-order valence-electron chi connectivity index (χ2n) is 10.4. The van der Waals surface area contributed by atoms with E-state index in [1.165, 1.54) is 11.3 Å². The molecule has 1 amide bonds. The number of benzene rings is 2. The molecule has 1 aliphatic heterocycles. The molecule has 2 aromatic carbocycles. The Morgan fingerprint density at radius 2 is 1.78 bits per heavy atom. The number of piperazine rings is 1. The molecule has 8 heteroatoms. The number of carbonyl (C=O) groups excluding carboxylic acids is 1. The van der Waals surface area contributed by atoms with Gasteiger partial charge in [-0.1, -0.05) is 26.8 Å². The first-order chi connectivity index (χ1) is 17.3. The van der Waals surface area contributed by atoms with Crippen molar-refractivity contribution in [3.05, 3.63) is 72.1 Å². The van der Waals surface area contributed by atoms with Crippen LogP contribution in [0.3, 0.4) is 0 Å². The van der Waals surface area contributed by atoms with Gasteiger partial charge < -0.3 is 20.4 Å². The van der Waals surface area contributed by atoms with Crippen LogP contribution in [0.4, 0.5) is 22.9 Å². The number of likely N-dealkylation sites (N-methyl/N-ethyl adjacent to an activating group) is 1. The van der Waals surface area contributed by atoms with E-state index in [-0.39, 0.29) is 11.3 Å². The molecule has 186 valence electrons. The maximum Gasteiger partial charge on any atom is 0.259 e. The van der Waals surface area contributed by atoms with E-state index >= 15 is 0 Å². The Bertz CT molecular complexity index is 1380. The van der Waals surface area contributed by atoms with Gasteiger partial charge in [0, 0.05) is 54.8 Å². The number of aromatic amines is 1. The molecule has 0 spiro atoms. The minimum absolute atomic E-state index is 0.00256. The molecule has 1 saturated heterocycles. The van der Waals surface area contributed by atoms with Gasteiger partial charge in [0.1, 0.15) is 5.82 Å². The van der Waals surface area contributed by atoms with Gasteiger partial charge in [-0.3, -0.25) is 9.89 Å². The Balaban J connectivity index is 1.40. The van der Waals surface area contributed by atoms with Gasteiger partial charge in [-0.25, -0.2) is 4.98 Å². The maximum absolute atomic E-state index is 13.4. The molecule has 3 heterocycles. The predicted octanol–water partition coefficient (Wildman–Crippen LogP) is 5.00. The van der Waals surface area contributed by atoms with Crippen molar-refractivity contribution < 1.29 is 4.79 Å². The third kappa shape index (κ3) is 5.04. The average molecular weight is 484 g/mol. The van der Waals surface area contributed by atoms with Crippen LogP contribution in [-0.2, 0) is 5.41 Å². The second kappa shape index (κ2) is 9.62. The van der Waals surface area contributed by atoms with Crippen LogP contribution in [0.1, 0.15) is 36.7 Å². The molecule has 5 rings (SSSR count). The lowest BCUT2D eigenvalue weighted by Crippen LogP contribution is -2.45. The van der Waals surface area contributed by atoms with Crippen LogP contribution in [-0.4, -0.2) is 59.2 Å². The lowest BCUT2D eigenvalue weighted by atomic mass is 9.85.